The molecule has 1 atom stereocenters. The quantitative estimate of drug-likeness (QED) is 0.321. The zero-order chi connectivity index (χ0) is 29.3. The number of hydrogen-bond donors (Lipinski definition) is 1. The van der Waals surface area contributed by atoms with E-state index in [2.05, 4.69) is 15.3 Å². The van der Waals surface area contributed by atoms with Crippen molar-refractivity contribution in [2.24, 2.45) is 13.0 Å². The molecule has 1 saturated heterocycles. The van der Waals surface area contributed by atoms with Gasteiger partial charge in [-0.15, -0.1) is 16.4 Å². The van der Waals surface area contributed by atoms with Crippen LogP contribution >= 0.6 is 11.3 Å². The van der Waals surface area contributed by atoms with Gasteiger partial charge in [0.2, 0.25) is 0 Å². The second kappa shape index (κ2) is 9.21. The van der Waals surface area contributed by atoms with Gasteiger partial charge in [-0.2, -0.15) is 0 Å². The highest BCUT2D eigenvalue weighted by Gasteiger charge is 2.35. The molecular weight excluding hydrogens is 503 g/mol. The van der Waals surface area contributed by atoms with Gasteiger partial charge in [0.1, 0.15) is 11.3 Å². The predicted molar refractivity (Wildman–Crippen MR) is 146 cm³/mol. The molecule has 6 heterocycles. The van der Waals surface area contributed by atoms with Gasteiger partial charge in [0.15, 0.2) is 0 Å². The average molecular weight is 538 g/mol. The molecule has 5 aromatic heterocycles. The molecule has 0 amide bonds. The Balaban J connectivity index is 1.78. The van der Waals surface area contributed by atoms with E-state index in [-0.39, 0.29) is 17.2 Å². The van der Waals surface area contributed by atoms with Crippen LogP contribution in [0.4, 0.5) is 4.39 Å². The topological polar surface area (TPSA) is 90.9 Å². The largest absolute Gasteiger partial charge is 0.385 e. The van der Waals surface area contributed by atoms with E-state index >= 15 is 4.39 Å². The average Bonchev–Trinajstić information content (AvgIpc) is 3.56. The number of fused-ring (bicyclic) bond motifs is 3. The van der Waals surface area contributed by atoms with Gasteiger partial charge in [-0.25, -0.2) is 9.07 Å². The summed E-state index contributed by atoms with van der Waals surface area (Å²) in [6.07, 6.45) is 4.57. The summed E-state index contributed by atoms with van der Waals surface area (Å²) in [5, 5.41) is 19.4. The van der Waals surface area contributed by atoms with Gasteiger partial charge in [0.05, 0.1) is 44.5 Å². The molecule has 38 heavy (non-hydrogen) atoms. The van der Waals surface area contributed by atoms with Gasteiger partial charge < -0.3 is 14.4 Å². The molecule has 1 fully saturated rings. The molecule has 0 spiro atoms. The number of halogens is 1. The van der Waals surface area contributed by atoms with Gasteiger partial charge in [-0.1, -0.05) is 5.21 Å². The zero-order valence-electron chi connectivity index (χ0n) is 24.7. The Labute approximate surface area is 228 Å². The lowest BCUT2D eigenvalue weighted by molar-refractivity contribution is 0.0542. The van der Waals surface area contributed by atoms with E-state index in [1.165, 1.54) is 17.4 Å². The Hall–Kier alpha value is -3.21. The van der Waals surface area contributed by atoms with Crippen molar-refractivity contribution < 1.29 is 18.3 Å². The molecule has 0 saturated carbocycles. The van der Waals surface area contributed by atoms with Crippen molar-refractivity contribution in [1.29, 1.82) is 0 Å². The third kappa shape index (κ3) is 3.93. The molecule has 10 heteroatoms. The minimum atomic E-state index is -2.56. The third-order valence-corrected chi connectivity index (χ3v) is 8.85. The van der Waals surface area contributed by atoms with E-state index in [4.69, 9.17) is 13.8 Å². The van der Waals surface area contributed by atoms with Crippen molar-refractivity contribution in [3.8, 4) is 11.3 Å². The molecule has 198 valence electrons. The van der Waals surface area contributed by atoms with E-state index in [0.717, 1.165) is 17.0 Å². The van der Waals surface area contributed by atoms with Crippen molar-refractivity contribution in [1.82, 2.24) is 29.5 Å². The standard InChI is InChI=1S/C28H31FN6O2S/c1-15-23-26(38-27(15)28(3,4)36)22-20(13-18(14-31-22)24-16(2)32-33-34(24)5)35(23)25(17-8-11-37-12-9-17)21-19(29)7-6-10-30-21/h6-7,10,13-14,17,25,36H,8-9,11-12H2,1-5H3/i1D3. The maximum absolute atomic E-state index is 15.6. The molecule has 6 rings (SSSR count). The van der Waals surface area contributed by atoms with Crippen molar-refractivity contribution in [3.05, 3.63) is 58.2 Å². The first-order chi connectivity index (χ1) is 19.4. The molecule has 5 aromatic rings. The minimum Gasteiger partial charge on any atom is -0.385 e. The molecule has 1 unspecified atom stereocenters. The smallest absolute Gasteiger partial charge is 0.146 e. The van der Waals surface area contributed by atoms with Gasteiger partial charge in [0.25, 0.3) is 0 Å². The fraction of sp³-hybridized carbons (Fsp3) is 0.429. The Bertz CT molecular complexity index is 1750. The highest BCUT2D eigenvalue weighted by molar-refractivity contribution is 7.20. The minimum absolute atomic E-state index is 0.0522. The van der Waals surface area contributed by atoms with Crippen LogP contribution < -0.4 is 0 Å². The van der Waals surface area contributed by atoms with Crippen LogP contribution in [0.2, 0.25) is 0 Å². The summed E-state index contributed by atoms with van der Waals surface area (Å²) in [5.41, 5.74) is 2.76. The third-order valence-electron chi connectivity index (χ3n) is 7.35. The summed E-state index contributed by atoms with van der Waals surface area (Å²) >= 11 is 1.22. The van der Waals surface area contributed by atoms with Crippen LogP contribution in [0, 0.1) is 25.5 Å². The predicted octanol–water partition coefficient (Wildman–Crippen LogP) is 5.44. The molecule has 0 aromatic carbocycles. The van der Waals surface area contributed by atoms with Crippen LogP contribution in [0.15, 0.2) is 30.6 Å². The highest BCUT2D eigenvalue weighted by Crippen LogP contribution is 2.47. The number of aliphatic hydroxyl groups is 1. The molecule has 0 bridgehead atoms. The van der Waals surface area contributed by atoms with E-state index in [1.807, 2.05) is 17.6 Å². The zero-order valence-corrected chi connectivity index (χ0v) is 22.5. The number of aromatic nitrogens is 6. The number of hydrogen-bond acceptors (Lipinski definition) is 7. The Morgan fingerprint density at radius 2 is 2.08 bits per heavy atom. The maximum Gasteiger partial charge on any atom is 0.146 e. The number of ether oxygens (including phenoxy) is 1. The van der Waals surface area contributed by atoms with Crippen LogP contribution in [0.5, 0.6) is 0 Å². The van der Waals surface area contributed by atoms with Crippen LogP contribution in [-0.2, 0) is 17.4 Å². The van der Waals surface area contributed by atoms with Crippen molar-refractivity contribution in [2.45, 2.75) is 52.1 Å². The lowest BCUT2D eigenvalue weighted by Gasteiger charge is -2.32. The van der Waals surface area contributed by atoms with Gasteiger partial charge in [-0.3, -0.25) is 9.97 Å². The summed E-state index contributed by atoms with van der Waals surface area (Å²) < 4.78 is 51.2. The van der Waals surface area contributed by atoms with Crippen LogP contribution in [0.25, 0.3) is 32.5 Å². The van der Waals surface area contributed by atoms with Gasteiger partial charge in [-0.05, 0) is 70.1 Å². The normalized spacial score (nSPS) is 17.6. The lowest BCUT2D eigenvalue weighted by Crippen LogP contribution is -2.28. The summed E-state index contributed by atoms with van der Waals surface area (Å²) in [6.45, 7) is 3.47. The Kier molecular flexibility index (Phi) is 5.26. The highest BCUT2D eigenvalue weighted by atomic mass is 32.1. The first-order valence-corrected chi connectivity index (χ1v) is 13.4. The van der Waals surface area contributed by atoms with E-state index in [9.17, 15) is 5.11 Å². The molecule has 1 aliphatic rings. The van der Waals surface area contributed by atoms with E-state index < -0.39 is 24.3 Å². The fourth-order valence-corrected chi connectivity index (χ4v) is 6.86. The Morgan fingerprint density at radius 3 is 2.74 bits per heavy atom. The fourth-order valence-electron chi connectivity index (χ4n) is 5.65. The van der Waals surface area contributed by atoms with E-state index in [1.54, 1.807) is 44.0 Å². The second-order valence-corrected chi connectivity index (χ2v) is 11.4. The van der Waals surface area contributed by atoms with Crippen molar-refractivity contribution >= 4 is 32.6 Å². The summed E-state index contributed by atoms with van der Waals surface area (Å²) in [7, 11) is 1.80. The van der Waals surface area contributed by atoms with Crippen LogP contribution in [0.1, 0.15) is 58.7 Å². The molecule has 8 nitrogen and oxygen atoms in total. The molecule has 0 radical (unpaired) electrons. The first kappa shape index (κ1) is 21.7. The first-order valence-electron chi connectivity index (χ1n) is 14.1. The van der Waals surface area contributed by atoms with Crippen LogP contribution in [0.3, 0.4) is 0 Å². The number of nitrogens with zero attached hydrogens (tertiary/aromatic N) is 6. The number of aryl methyl sites for hydroxylation is 3. The molecule has 1 N–H and O–H groups in total. The van der Waals surface area contributed by atoms with Gasteiger partial charge in [0, 0.05) is 47.2 Å². The maximum atomic E-state index is 15.6. The second-order valence-electron chi connectivity index (χ2n) is 10.4. The molecule has 1 aliphatic heterocycles. The molecule has 0 aliphatic carbocycles. The molecular formula is C28H31FN6O2S. The van der Waals surface area contributed by atoms with E-state index in [0.29, 0.717) is 52.2 Å². The summed E-state index contributed by atoms with van der Waals surface area (Å²) in [5.74, 6) is -0.561. The van der Waals surface area contributed by atoms with Crippen molar-refractivity contribution in [2.75, 3.05) is 13.2 Å². The number of rotatable bonds is 5. The SMILES string of the molecule is [2H]C([2H])([2H])c1c(C(C)(C)O)sc2c3ncc(-c4c(C)nnn4C)cc3n(C(c3ncccc3F)C3CCOCC3)c12. The monoisotopic (exact) mass is 537 g/mol. The Morgan fingerprint density at radius 1 is 1.29 bits per heavy atom. The lowest BCUT2D eigenvalue weighted by atomic mass is 9.88. The summed E-state index contributed by atoms with van der Waals surface area (Å²) in [4.78, 5) is 9.69. The summed E-state index contributed by atoms with van der Waals surface area (Å²) in [6, 6.07) is 4.23. The van der Waals surface area contributed by atoms with Crippen molar-refractivity contribution in [3.63, 3.8) is 0 Å². The number of pyridine rings is 2. The van der Waals surface area contributed by atoms with Crippen LogP contribution in [-0.4, -0.2) is 47.8 Å². The van der Waals surface area contributed by atoms with Gasteiger partial charge >= 0.3 is 0 Å². The number of thiophene rings is 1.